The lowest BCUT2D eigenvalue weighted by Crippen LogP contribution is -2.55. The Bertz CT molecular complexity index is 3480. The molecule has 0 aliphatic rings. The molecule has 0 saturated carbocycles. The number of aromatic nitrogens is 9. The summed E-state index contributed by atoms with van der Waals surface area (Å²) >= 11 is 0. The molecule has 3 heterocycles. The normalized spacial score (nSPS) is 10.6. The van der Waals surface area contributed by atoms with Gasteiger partial charge in [0.05, 0.1) is 62.5 Å². The number of rotatable bonds is 38. The van der Waals surface area contributed by atoms with E-state index < -0.39 is 226 Å². The summed E-state index contributed by atoms with van der Waals surface area (Å²) in [7, 11) is 0. The van der Waals surface area contributed by atoms with E-state index in [0.29, 0.717) is 41.1 Å². The summed E-state index contributed by atoms with van der Waals surface area (Å²) in [6.45, 7) is 9.39. The minimum Gasteiger partial charge on any atom is -0.461 e. The molecule has 0 spiro atoms. The first-order valence-electron chi connectivity index (χ1n) is 26.9. The molecular weight excluding hydrogens is 1200 g/mol. The van der Waals surface area contributed by atoms with Crippen molar-refractivity contribution in [2.45, 2.75) is 84.6 Å². The largest absolute Gasteiger partial charge is 0.461 e. The lowest BCUT2D eigenvalue weighted by atomic mass is 10.1. The fraction of sp³-hybridized carbons (Fsp3) is 0.357. The van der Waals surface area contributed by atoms with Crippen molar-refractivity contribution in [2.75, 3.05) is 46.2 Å². The third-order valence-corrected chi connectivity index (χ3v) is 12.4. The van der Waals surface area contributed by atoms with Gasteiger partial charge in [-0.05, 0) is 43.2 Å². The Kier molecular flexibility index (Phi) is 27.3. The van der Waals surface area contributed by atoms with Gasteiger partial charge in [0, 0.05) is 50.2 Å². The van der Waals surface area contributed by atoms with Gasteiger partial charge in [-0.2, -0.15) is 0 Å². The van der Waals surface area contributed by atoms with Crippen molar-refractivity contribution in [3.8, 4) is 0 Å². The fourth-order valence-electron chi connectivity index (χ4n) is 7.90. The van der Waals surface area contributed by atoms with Gasteiger partial charge in [0.2, 0.25) is 0 Å². The Balaban J connectivity index is 1.75. The van der Waals surface area contributed by atoms with Crippen molar-refractivity contribution in [1.29, 1.82) is 0 Å². The van der Waals surface area contributed by atoms with Crippen LogP contribution in [0, 0.1) is 0 Å². The molecule has 34 nitrogen and oxygen atoms in total. The molecule has 0 fully saturated rings. The summed E-state index contributed by atoms with van der Waals surface area (Å²) in [5.74, 6) is -8.64. The molecule has 480 valence electrons. The van der Waals surface area contributed by atoms with E-state index in [-0.39, 0.29) is 25.7 Å². The summed E-state index contributed by atoms with van der Waals surface area (Å²) in [5.41, 5.74) is -12.9. The van der Waals surface area contributed by atoms with E-state index in [2.05, 4.69) is 39.5 Å². The standard InChI is InChI=1S/C56H61N9O25/c1-7-39(66)15-13-17-57-48(75)59(19-26-84-41(68)9-3)52(79)63(50(57)77)23-30-88-45(72)36-33-37(46(73)89-31-24-64-51(78)58(18-14-16-40(67)8-2)49(76)60(53(64)80)20-27-85-42(69)10-4)35-38(34-36)47(74)90-32-25-65-55(82)61(21-28-86-43(70)11-5)54(81)62(56(65)83)22-29-87-44(71)12-6/h7-12,33-35H,1-6,13-32H2. The van der Waals surface area contributed by atoms with Crippen LogP contribution in [0.3, 0.4) is 0 Å². The molecule has 4 aromatic rings. The SMILES string of the molecule is C=CC(=O)CCCn1c(=O)n(CCOC(=O)C=C)c(=O)n(CCOC(=O)c2cc(C(=O)OCCn3c(=O)n(CCCC(=O)C=C)c(=O)n(CCOC(=O)C=C)c3=O)cc(C(=O)OCCn3c(=O)n(CCOC(=O)C=C)c(=O)n(CCOC(=O)C=C)c3=O)c2)c1=O. The summed E-state index contributed by atoms with van der Waals surface area (Å²) < 4.78 is 40.3. The molecular formula is C56H61N9O25. The van der Waals surface area contributed by atoms with Gasteiger partial charge in [-0.15, -0.1) is 0 Å². The topological polar surface area (TPSA) is 416 Å². The van der Waals surface area contributed by atoms with Crippen LogP contribution in [-0.2, 0) is 121 Å². The zero-order valence-electron chi connectivity index (χ0n) is 48.3. The molecule has 1 aromatic carbocycles. The van der Waals surface area contributed by atoms with E-state index in [1.807, 2.05) is 0 Å². The van der Waals surface area contributed by atoms with Gasteiger partial charge in [0.1, 0.15) is 46.2 Å². The first-order chi connectivity index (χ1) is 42.9. The first kappa shape index (κ1) is 71.0. The first-order valence-corrected chi connectivity index (χ1v) is 26.9. The van der Waals surface area contributed by atoms with Gasteiger partial charge in [-0.1, -0.05) is 39.5 Å². The second kappa shape index (κ2) is 34.6. The van der Waals surface area contributed by atoms with E-state index in [0.717, 1.165) is 54.7 Å². The van der Waals surface area contributed by atoms with E-state index in [4.69, 9.17) is 33.2 Å². The van der Waals surface area contributed by atoms with Crippen LogP contribution in [0.25, 0.3) is 0 Å². The highest BCUT2D eigenvalue weighted by molar-refractivity contribution is 6.00. The summed E-state index contributed by atoms with van der Waals surface area (Å²) in [6, 6.07) is 2.48. The number of esters is 7. The van der Waals surface area contributed by atoms with Crippen molar-refractivity contribution < 1.29 is 76.3 Å². The Morgan fingerprint density at radius 3 is 0.633 bits per heavy atom. The maximum atomic E-state index is 13.9. The number of benzene rings is 1. The number of allylic oxidation sites excluding steroid dienone is 2. The summed E-state index contributed by atoms with van der Waals surface area (Å²) in [4.78, 5) is 234. The smallest absolute Gasteiger partial charge is 0.338 e. The number of nitrogens with zero attached hydrogens (tertiary/aromatic N) is 9. The van der Waals surface area contributed by atoms with Crippen LogP contribution in [0.15, 0.2) is 137 Å². The molecule has 34 heteroatoms. The minimum atomic E-state index is -1.38. The molecule has 0 amide bonds. The minimum absolute atomic E-state index is 0.0772. The number of hydrogen-bond acceptors (Lipinski definition) is 25. The number of ketones is 2. The maximum absolute atomic E-state index is 13.9. The molecule has 0 N–H and O–H groups in total. The quantitative estimate of drug-likeness (QED) is 0.0241. The van der Waals surface area contributed by atoms with E-state index in [1.54, 1.807) is 0 Å². The van der Waals surface area contributed by atoms with Crippen LogP contribution in [0.1, 0.15) is 56.8 Å². The Labute approximate surface area is 505 Å². The highest BCUT2D eigenvalue weighted by atomic mass is 16.6. The predicted molar refractivity (Wildman–Crippen MR) is 308 cm³/mol. The van der Waals surface area contributed by atoms with Crippen molar-refractivity contribution in [2.24, 2.45) is 0 Å². The van der Waals surface area contributed by atoms with E-state index >= 15 is 0 Å². The van der Waals surface area contributed by atoms with Crippen LogP contribution in [0.5, 0.6) is 0 Å². The van der Waals surface area contributed by atoms with Gasteiger partial charge in [-0.25, -0.2) is 118 Å². The average molecular weight is 1260 g/mol. The van der Waals surface area contributed by atoms with Gasteiger partial charge in [0.15, 0.2) is 11.6 Å². The van der Waals surface area contributed by atoms with Crippen LogP contribution in [-0.4, -0.2) is 141 Å². The molecule has 0 saturated heterocycles. The second-order valence-corrected chi connectivity index (χ2v) is 18.1. The highest BCUT2D eigenvalue weighted by Gasteiger charge is 2.24. The molecule has 0 bridgehead atoms. The molecule has 4 rings (SSSR count). The Morgan fingerprint density at radius 1 is 0.278 bits per heavy atom. The Hall–Kier alpha value is -11.5. The third kappa shape index (κ3) is 19.3. The van der Waals surface area contributed by atoms with Crippen LogP contribution in [0.2, 0.25) is 0 Å². The zero-order valence-corrected chi connectivity index (χ0v) is 48.3. The van der Waals surface area contributed by atoms with Crippen molar-refractivity contribution in [1.82, 2.24) is 41.1 Å². The monoisotopic (exact) mass is 1260 g/mol. The van der Waals surface area contributed by atoms with E-state index in [1.165, 1.54) is 0 Å². The lowest BCUT2D eigenvalue weighted by molar-refractivity contribution is -0.139. The number of ether oxygens (including phenoxy) is 7. The molecule has 0 aliphatic carbocycles. The highest BCUT2D eigenvalue weighted by Crippen LogP contribution is 2.15. The average Bonchev–Trinajstić information content (AvgIpc) is 0.830. The molecule has 3 aromatic heterocycles. The molecule has 0 unspecified atom stereocenters. The van der Waals surface area contributed by atoms with Crippen LogP contribution in [0.4, 0.5) is 0 Å². The van der Waals surface area contributed by atoms with Gasteiger partial charge >= 0.3 is 93.0 Å². The number of carbonyl (C=O) groups is 9. The van der Waals surface area contributed by atoms with Crippen molar-refractivity contribution in [3.05, 3.63) is 205 Å². The predicted octanol–water partition coefficient (Wildman–Crippen LogP) is -3.30. The molecule has 0 atom stereocenters. The second-order valence-electron chi connectivity index (χ2n) is 18.1. The van der Waals surface area contributed by atoms with Crippen LogP contribution >= 0.6 is 0 Å². The number of carbonyl (C=O) groups excluding carboxylic acids is 9. The number of hydrogen-bond donors (Lipinski definition) is 0. The fourth-order valence-corrected chi connectivity index (χ4v) is 7.90. The van der Waals surface area contributed by atoms with E-state index in [9.17, 15) is 86.3 Å². The van der Waals surface area contributed by atoms with Crippen molar-refractivity contribution >= 4 is 53.4 Å². The zero-order chi connectivity index (χ0) is 66.8. The van der Waals surface area contributed by atoms with Gasteiger partial charge in [0.25, 0.3) is 0 Å². The molecule has 90 heavy (non-hydrogen) atoms. The van der Waals surface area contributed by atoms with Crippen LogP contribution < -0.4 is 51.2 Å². The van der Waals surface area contributed by atoms with Crippen molar-refractivity contribution in [3.63, 3.8) is 0 Å². The maximum Gasteiger partial charge on any atom is 0.338 e. The lowest BCUT2D eigenvalue weighted by Gasteiger charge is -2.15. The van der Waals surface area contributed by atoms with Gasteiger partial charge < -0.3 is 33.2 Å². The molecule has 0 radical (unpaired) electrons. The summed E-state index contributed by atoms with van der Waals surface area (Å²) in [6.07, 6.45) is 4.79. The van der Waals surface area contributed by atoms with Gasteiger partial charge in [-0.3, -0.25) is 9.59 Å². The Morgan fingerprint density at radius 2 is 0.456 bits per heavy atom. The molecule has 0 aliphatic heterocycles. The summed E-state index contributed by atoms with van der Waals surface area (Å²) in [5, 5.41) is 0. The third-order valence-electron chi connectivity index (χ3n) is 12.4.